The first-order valence-electron chi connectivity index (χ1n) is 6.58. The second kappa shape index (κ2) is 4.83. The zero-order chi connectivity index (χ0) is 16.0. The Hall–Kier alpha value is -2.90. The van der Waals surface area contributed by atoms with E-state index in [2.05, 4.69) is 5.32 Å². The Morgan fingerprint density at radius 2 is 2.00 bits per heavy atom. The molecular weight excluding hydrogens is 292 g/mol. The van der Waals surface area contributed by atoms with Crippen LogP contribution in [0.3, 0.4) is 0 Å². The lowest BCUT2D eigenvalue weighted by atomic mass is 9.77. The molecule has 0 aromatic heterocycles. The van der Waals surface area contributed by atoms with Crippen LogP contribution in [0.4, 0.5) is 11.4 Å². The number of nitro groups is 1. The summed E-state index contributed by atoms with van der Waals surface area (Å²) in [6, 6.07) is 1.03. The lowest BCUT2D eigenvalue weighted by Gasteiger charge is -2.38. The molecule has 1 aromatic rings. The standard InChI is InChI=1S/C14H12N2O6/c17-13(18)8-4-5-9(16(21)22)10-6-2-1-3-7(6)12(14(19)20)15-11(8)10/h1-2,4-7,12,15H,3H2,(H,17,18)(H,19,20)/p-2/t6-,7+,12+/m0/s1. The predicted molar refractivity (Wildman–Crippen MR) is 69.8 cm³/mol. The van der Waals surface area contributed by atoms with Crippen molar-refractivity contribution in [3.8, 4) is 0 Å². The van der Waals surface area contributed by atoms with Crippen LogP contribution in [-0.4, -0.2) is 22.9 Å². The highest BCUT2D eigenvalue weighted by Gasteiger charge is 2.42. The van der Waals surface area contributed by atoms with Gasteiger partial charge in [-0.15, -0.1) is 0 Å². The molecule has 1 N–H and O–H groups in total. The number of aliphatic carboxylic acids is 1. The van der Waals surface area contributed by atoms with Gasteiger partial charge in [0.2, 0.25) is 0 Å². The fourth-order valence-corrected chi connectivity index (χ4v) is 3.25. The molecule has 1 aromatic carbocycles. The maximum atomic E-state index is 11.3. The molecule has 0 spiro atoms. The van der Waals surface area contributed by atoms with E-state index in [0.29, 0.717) is 6.42 Å². The Bertz CT molecular complexity index is 726. The maximum Gasteiger partial charge on any atom is 0.275 e. The van der Waals surface area contributed by atoms with Gasteiger partial charge in [-0.05, 0) is 18.4 Å². The van der Waals surface area contributed by atoms with Gasteiger partial charge in [-0.25, -0.2) is 0 Å². The molecule has 0 bridgehead atoms. The molecule has 0 unspecified atom stereocenters. The molecule has 0 saturated carbocycles. The molecule has 0 amide bonds. The van der Waals surface area contributed by atoms with Crippen LogP contribution in [0.15, 0.2) is 24.3 Å². The van der Waals surface area contributed by atoms with Crippen molar-refractivity contribution in [3.63, 3.8) is 0 Å². The number of hydrogen-bond donors (Lipinski definition) is 1. The first-order chi connectivity index (χ1) is 10.4. The number of rotatable bonds is 3. The van der Waals surface area contributed by atoms with Gasteiger partial charge in [-0.3, -0.25) is 10.1 Å². The summed E-state index contributed by atoms with van der Waals surface area (Å²) in [5, 5.41) is 36.3. The van der Waals surface area contributed by atoms with Gasteiger partial charge in [0.15, 0.2) is 0 Å². The van der Waals surface area contributed by atoms with Crippen LogP contribution in [0.5, 0.6) is 0 Å². The highest BCUT2D eigenvalue weighted by Crippen LogP contribution is 2.49. The van der Waals surface area contributed by atoms with Crippen molar-refractivity contribution in [3.05, 3.63) is 45.5 Å². The second-order valence-electron chi connectivity index (χ2n) is 5.26. The summed E-state index contributed by atoms with van der Waals surface area (Å²) < 4.78 is 0. The molecule has 2 aliphatic rings. The van der Waals surface area contributed by atoms with Gasteiger partial charge >= 0.3 is 0 Å². The number of allylic oxidation sites excluding steroid dienone is 2. The number of nitro benzene ring substituents is 1. The number of nitrogens with one attached hydrogen (secondary N) is 1. The Kier molecular flexibility index (Phi) is 3.09. The number of fused-ring (bicyclic) bond motifs is 3. The lowest BCUT2D eigenvalue weighted by Crippen LogP contribution is -2.49. The van der Waals surface area contributed by atoms with Gasteiger partial charge in [-0.2, -0.15) is 0 Å². The largest absolute Gasteiger partial charge is 0.548 e. The number of anilines is 1. The predicted octanol–water partition coefficient (Wildman–Crippen LogP) is -0.838. The minimum absolute atomic E-state index is 0.0730. The van der Waals surface area contributed by atoms with Gasteiger partial charge in [-0.1, -0.05) is 12.2 Å². The molecule has 8 nitrogen and oxygen atoms in total. The van der Waals surface area contributed by atoms with E-state index in [1.165, 1.54) is 0 Å². The lowest BCUT2D eigenvalue weighted by molar-refractivity contribution is -0.385. The number of aromatic carboxylic acids is 1. The molecule has 0 fully saturated rings. The van der Waals surface area contributed by atoms with Gasteiger partial charge in [0.05, 0.1) is 34.2 Å². The van der Waals surface area contributed by atoms with Crippen molar-refractivity contribution < 1.29 is 24.7 Å². The quantitative estimate of drug-likeness (QED) is 0.437. The molecule has 114 valence electrons. The molecule has 1 heterocycles. The minimum Gasteiger partial charge on any atom is -0.548 e. The normalized spacial score (nSPS) is 25.0. The average Bonchev–Trinajstić information content (AvgIpc) is 2.93. The summed E-state index contributed by atoms with van der Waals surface area (Å²) in [7, 11) is 0. The molecular formula is C14H10N2O6-2. The van der Waals surface area contributed by atoms with Crippen LogP contribution < -0.4 is 15.5 Å². The first-order valence-corrected chi connectivity index (χ1v) is 6.58. The molecule has 0 radical (unpaired) electrons. The molecule has 1 aliphatic carbocycles. The summed E-state index contributed by atoms with van der Waals surface area (Å²) in [5.41, 5.74) is -0.435. The van der Waals surface area contributed by atoms with E-state index in [1.807, 2.05) is 0 Å². The van der Waals surface area contributed by atoms with Crippen molar-refractivity contribution in [1.29, 1.82) is 0 Å². The highest BCUT2D eigenvalue weighted by atomic mass is 16.6. The maximum absolute atomic E-state index is 11.3. The smallest absolute Gasteiger partial charge is 0.275 e. The van der Waals surface area contributed by atoms with E-state index in [4.69, 9.17) is 0 Å². The van der Waals surface area contributed by atoms with Gasteiger partial charge < -0.3 is 25.1 Å². The van der Waals surface area contributed by atoms with Crippen molar-refractivity contribution in [2.75, 3.05) is 5.32 Å². The third kappa shape index (κ3) is 1.92. The number of benzene rings is 1. The summed E-state index contributed by atoms with van der Waals surface area (Å²) in [6.07, 6.45) is 3.83. The minimum atomic E-state index is -1.53. The monoisotopic (exact) mass is 302 g/mol. The van der Waals surface area contributed by atoms with Crippen molar-refractivity contribution in [2.45, 2.75) is 18.4 Å². The average molecular weight is 302 g/mol. The van der Waals surface area contributed by atoms with Crippen LogP contribution in [0.25, 0.3) is 0 Å². The van der Waals surface area contributed by atoms with E-state index >= 15 is 0 Å². The Morgan fingerprint density at radius 1 is 1.27 bits per heavy atom. The molecule has 3 rings (SSSR count). The first kappa shape index (κ1) is 14.1. The fraction of sp³-hybridized carbons (Fsp3) is 0.286. The van der Waals surface area contributed by atoms with Gasteiger partial charge in [0.25, 0.3) is 5.69 Å². The summed E-state index contributed by atoms with van der Waals surface area (Å²) in [4.78, 5) is 33.1. The zero-order valence-corrected chi connectivity index (χ0v) is 11.1. The van der Waals surface area contributed by atoms with Crippen LogP contribution in [-0.2, 0) is 4.79 Å². The molecule has 22 heavy (non-hydrogen) atoms. The van der Waals surface area contributed by atoms with Crippen LogP contribution in [0, 0.1) is 16.0 Å². The van der Waals surface area contributed by atoms with Crippen LogP contribution in [0.1, 0.15) is 28.3 Å². The molecule has 0 saturated heterocycles. The summed E-state index contributed by atoms with van der Waals surface area (Å²) in [6.45, 7) is 0. The number of carbonyl (C=O) groups is 2. The van der Waals surface area contributed by atoms with Crippen molar-refractivity contribution in [2.24, 2.45) is 5.92 Å². The topological polar surface area (TPSA) is 135 Å². The fourth-order valence-electron chi connectivity index (χ4n) is 3.25. The summed E-state index contributed by atoms with van der Waals surface area (Å²) in [5.74, 6) is -3.90. The van der Waals surface area contributed by atoms with Crippen LogP contribution in [0.2, 0.25) is 0 Å². The Balaban J connectivity index is 2.27. The number of carbonyl (C=O) groups excluding carboxylic acids is 2. The number of hydrogen-bond acceptors (Lipinski definition) is 7. The van der Waals surface area contributed by atoms with Crippen LogP contribution >= 0.6 is 0 Å². The van der Waals surface area contributed by atoms with E-state index < -0.39 is 34.7 Å². The van der Waals surface area contributed by atoms with Gasteiger partial charge in [0, 0.05) is 17.5 Å². The third-order valence-corrected chi connectivity index (χ3v) is 4.17. The Morgan fingerprint density at radius 3 is 2.59 bits per heavy atom. The van der Waals surface area contributed by atoms with E-state index in [1.54, 1.807) is 12.2 Å². The second-order valence-corrected chi connectivity index (χ2v) is 5.26. The number of nitrogens with zero attached hydrogens (tertiary/aromatic N) is 1. The van der Waals surface area contributed by atoms with Crippen molar-refractivity contribution in [1.82, 2.24) is 0 Å². The summed E-state index contributed by atoms with van der Waals surface area (Å²) >= 11 is 0. The molecule has 8 heteroatoms. The van der Waals surface area contributed by atoms with Gasteiger partial charge in [0.1, 0.15) is 0 Å². The van der Waals surface area contributed by atoms with E-state index in [9.17, 15) is 29.9 Å². The third-order valence-electron chi connectivity index (χ3n) is 4.17. The van der Waals surface area contributed by atoms with E-state index in [0.717, 1.165) is 12.1 Å². The molecule has 3 atom stereocenters. The number of carboxylic acid groups (broad SMARTS) is 2. The molecule has 1 aliphatic heterocycles. The van der Waals surface area contributed by atoms with E-state index in [-0.39, 0.29) is 22.5 Å². The Labute approximate surface area is 124 Å². The van der Waals surface area contributed by atoms with Crippen molar-refractivity contribution >= 4 is 23.3 Å². The highest BCUT2D eigenvalue weighted by molar-refractivity contribution is 5.97. The zero-order valence-electron chi connectivity index (χ0n) is 11.1. The SMILES string of the molecule is O=C([O-])c1ccc([N+](=O)[O-])c2c1N[C@@H](C(=O)[O-])[C@@H]1CC=C[C@H]21. The number of carboxylic acids is 2.